The van der Waals surface area contributed by atoms with Crippen molar-refractivity contribution in [2.24, 2.45) is 17.4 Å². The molecule has 17 heteroatoms. The number of aromatic hydroxyl groups is 2. The van der Waals surface area contributed by atoms with Gasteiger partial charge in [0.25, 0.3) is 0 Å². The van der Waals surface area contributed by atoms with Gasteiger partial charge in [0.05, 0.1) is 12.6 Å². The molecule has 0 saturated heterocycles. The minimum Gasteiger partial charge on any atom is -0.508 e. The largest absolute Gasteiger partial charge is 0.508 e. The lowest BCUT2D eigenvalue weighted by molar-refractivity contribution is -0.137. The number of hydrogen-bond donors (Lipinski definition) is 10. The highest BCUT2D eigenvalue weighted by atomic mass is 16.3. The number of rotatable bonds is 20. The van der Waals surface area contributed by atoms with Gasteiger partial charge in [0.15, 0.2) is 0 Å². The van der Waals surface area contributed by atoms with E-state index in [1.54, 1.807) is 68.4 Å². The van der Waals surface area contributed by atoms with E-state index in [0.717, 1.165) is 0 Å². The molecule has 3 aromatic carbocycles. The van der Waals surface area contributed by atoms with Crippen molar-refractivity contribution in [3.63, 3.8) is 0 Å². The van der Waals surface area contributed by atoms with Crippen molar-refractivity contribution in [1.82, 2.24) is 31.9 Å². The third-order valence-corrected chi connectivity index (χ3v) is 9.08. The third-order valence-electron chi connectivity index (χ3n) is 9.08. The molecule has 7 amide bonds. The zero-order valence-electron chi connectivity index (χ0n) is 33.2. The summed E-state index contributed by atoms with van der Waals surface area (Å²) in [6, 6.07) is 15.1. The molecule has 0 aliphatic carbocycles. The fourth-order valence-corrected chi connectivity index (χ4v) is 5.66. The number of phenols is 2. The highest BCUT2D eigenvalue weighted by Crippen LogP contribution is 2.15. The Bertz CT molecular complexity index is 1900. The Labute approximate surface area is 337 Å². The lowest BCUT2D eigenvalue weighted by Crippen LogP contribution is -2.63. The lowest BCUT2D eigenvalue weighted by atomic mass is 9.98. The van der Waals surface area contributed by atoms with Gasteiger partial charge in [-0.1, -0.05) is 68.4 Å². The van der Waals surface area contributed by atoms with E-state index in [4.69, 9.17) is 11.5 Å². The van der Waals surface area contributed by atoms with Crippen molar-refractivity contribution in [3.8, 4) is 11.5 Å². The van der Waals surface area contributed by atoms with Crippen LogP contribution in [0.15, 0.2) is 78.9 Å². The fraction of sp³-hybridized carbons (Fsp3) is 0.390. The molecule has 0 saturated carbocycles. The number of phenolic OH excluding ortho intramolecular Hbond substituents is 2. The maximum Gasteiger partial charge on any atom is 0.245 e. The van der Waals surface area contributed by atoms with Crippen LogP contribution in [0.4, 0.5) is 0 Å². The lowest BCUT2D eigenvalue weighted by Gasteiger charge is -2.31. The third kappa shape index (κ3) is 14.5. The van der Waals surface area contributed by atoms with Crippen molar-refractivity contribution >= 4 is 41.4 Å². The number of amides is 7. The molecule has 0 aliphatic rings. The molecule has 0 unspecified atom stereocenters. The summed E-state index contributed by atoms with van der Waals surface area (Å²) in [5, 5.41) is 34.9. The van der Waals surface area contributed by atoms with Crippen LogP contribution < -0.4 is 43.4 Å². The van der Waals surface area contributed by atoms with Gasteiger partial charge >= 0.3 is 0 Å². The van der Waals surface area contributed by atoms with Gasteiger partial charge in [0, 0.05) is 12.8 Å². The van der Waals surface area contributed by atoms with Crippen LogP contribution in [-0.4, -0.2) is 93.9 Å². The van der Waals surface area contributed by atoms with Gasteiger partial charge in [-0.05, 0) is 74.1 Å². The minimum absolute atomic E-state index is 0.0113. The molecule has 5 atom stereocenters. The maximum absolute atomic E-state index is 13.9. The Kier molecular flexibility index (Phi) is 16.7. The number of carbonyl (C=O) groups is 7. The van der Waals surface area contributed by atoms with E-state index in [9.17, 15) is 43.8 Å². The summed E-state index contributed by atoms with van der Waals surface area (Å²) in [7, 11) is 0. The van der Waals surface area contributed by atoms with Gasteiger partial charge in [-0.3, -0.25) is 33.6 Å². The average Bonchev–Trinajstić information content (AvgIpc) is 3.16. The predicted molar refractivity (Wildman–Crippen MR) is 214 cm³/mol. The van der Waals surface area contributed by atoms with Gasteiger partial charge < -0.3 is 53.6 Å². The quantitative estimate of drug-likeness (QED) is 0.0703. The van der Waals surface area contributed by atoms with Crippen molar-refractivity contribution in [1.29, 1.82) is 0 Å². The maximum atomic E-state index is 13.9. The average molecular weight is 803 g/mol. The van der Waals surface area contributed by atoms with E-state index in [1.807, 2.05) is 0 Å². The molecule has 312 valence electrons. The molecule has 0 heterocycles. The van der Waals surface area contributed by atoms with E-state index < -0.39 is 89.6 Å². The van der Waals surface area contributed by atoms with Crippen LogP contribution in [-0.2, 0) is 52.8 Å². The van der Waals surface area contributed by atoms with Crippen molar-refractivity contribution in [2.75, 3.05) is 6.54 Å². The number of primary amides is 1. The molecule has 58 heavy (non-hydrogen) atoms. The van der Waals surface area contributed by atoms with Crippen LogP contribution in [0.3, 0.4) is 0 Å². The first-order valence-corrected chi connectivity index (χ1v) is 18.7. The van der Waals surface area contributed by atoms with Crippen molar-refractivity contribution in [3.05, 3.63) is 95.6 Å². The van der Waals surface area contributed by atoms with E-state index in [2.05, 4.69) is 31.9 Å². The molecule has 0 fully saturated rings. The smallest absolute Gasteiger partial charge is 0.245 e. The molecule has 3 rings (SSSR count). The summed E-state index contributed by atoms with van der Waals surface area (Å²) in [5.74, 6) is -5.43. The van der Waals surface area contributed by atoms with Gasteiger partial charge in [0.1, 0.15) is 41.2 Å². The first-order valence-electron chi connectivity index (χ1n) is 18.7. The van der Waals surface area contributed by atoms with Gasteiger partial charge in [-0.15, -0.1) is 0 Å². The summed E-state index contributed by atoms with van der Waals surface area (Å²) in [4.78, 5) is 92.0. The molecule has 12 N–H and O–H groups in total. The molecule has 0 aliphatic heterocycles. The second-order valence-electron chi connectivity index (χ2n) is 14.9. The van der Waals surface area contributed by atoms with Gasteiger partial charge in [-0.25, -0.2) is 0 Å². The Morgan fingerprint density at radius 3 is 1.62 bits per heavy atom. The van der Waals surface area contributed by atoms with Crippen LogP contribution >= 0.6 is 0 Å². The predicted octanol–water partition coefficient (Wildman–Crippen LogP) is -0.436. The second-order valence-corrected chi connectivity index (χ2v) is 14.9. The zero-order chi connectivity index (χ0) is 43.2. The Balaban J connectivity index is 1.78. The second kappa shape index (κ2) is 21.2. The molecule has 3 aromatic rings. The summed E-state index contributed by atoms with van der Waals surface area (Å²) in [5.41, 5.74) is 11.5. The zero-order valence-corrected chi connectivity index (χ0v) is 33.2. The van der Waals surface area contributed by atoms with Crippen LogP contribution in [0.25, 0.3) is 0 Å². The summed E-state index contributed by atoms with van der Waals surface area (Å²) in [6.45, 7) is 7.14. The molecule has 0 spiro atoms. The highest BCUT2D eigenvalue weighted by Gasteiger charge is 2.37. The van der Waals surface area contributed by atoms with Crippen LogP contribution in [0, 0.1) is 5.92 Å². The Morgan fingerprint density at radius 1 is 0.603 bits per heavy atom. The normalized spacial score (nSPS) is 13.8. The number of benzene rings is 3. The summed E-state index contributed by atoms with van der Waals surface area (Å²) in [6.07, 6.45) is 0.0701. The van der Waals surface area contributed by atoms with E-state index in [1.165, 1.54) is 45.0 Å². The first kappa shape index (κ1) is 45.9. The van der Waals surface area contributed by atoms with E-state index in [0.29, 0.717) is 16.7 Å². The Hall–Kier alpha value is -6.49. The first-order chi connectivity index (χ1) is 27.2. The number of nitrogens with two attached hydrogens (primary N) is 2. The van der Waals surface area contributed by atoms with Gasteiger partial charge in [0.2, 0.25) is 41.4 Å². The number of carbonyl (C=O) groups excluding carboxylic acids is 7. The van der Waals surface area contributed by atoms with Crippen LogP contribution in [0.2, 0.25) is 0 Å². The molecule has 17 nitrogen and oxygen atoms in total. The standard InChI is InChI=1S/C41H54N8O9/c1-23(2)34(39(57)44-22-33(43)52)48-37(55)31(21-27-13-17-29(51)18-14-27)47-40(58)41(4,5)49-38(56)32(20-25-9-7-6-8-10-25)46-35(53)24(3)45-36(54)30(42)19-26-11-15-28(50)16-12-26/h6-18,23-24,30-32,34,50-51H,19-22,42H2,1-5H3,(H2,43,52)(H,44,57)(H,45,54)(H,46,53)(H,47,58)(H,48,55)(H,49,56)/t24-,30+,31+,32+,34+/m1/s1. The summed E-state index contributed by atoms with van der Waals surface area (Å²) >= 11 is 0. The van der Waals surface area contributed by atoms with Crippen LogP contribution in [0.5, 0.6) is 11.5 Å². The summed E-state index contributed by atoms with van der Waals surface area (Å²) < 4.78 is 0. The molecular formula is C41H54N8O9. The molecule has 0 bridgehead atoms. The van der Waals surface area contributed by atoms with Crippen molar-refractivity contribution in [2.45, 2.75) is 89.6 Å². The van der Waals surface area contributed by atoms with E-state index in [-0.39, 0.29) is 30.8 Å². The molecule has 0 radical (unpaired) electrons. The highest BCUT2D eigenvalue weighted by molar-refractivity contribution is 5.98. The molecule has 0 aromatic heterocycles. The SMILES string of the molecule is CC(C)[C@H](NC(=O)[C@H](Cc1ccc(O)cc1)NC(=O)C(C)(C)NC(=O)[C@H](Cc1ccccc1)NC(=O)[C@@H](C)NC(=O)[C@@H](N)Cc1ccc(O)cc1)C(=O)NCC(N)=O. The van der Waals surface area contributed by atoms with E-state index >= 15 is 0 Å². The number of hydrogen-bond acceptors (Lipinski definition) is 10. The minimum atomic E-state index is -1.68. The Morgan fingerprint density at radius 2 is 1.10 bits per heavy atom. The number of nitrogens with one attached hydrogen (secondary N) is 6. The topological polar surface area (TPSA) is 284 Å². The van der Waals surface area contributed by atoms with Crippen LogP contribution in [0.1, 0.15) is 51.3 Å². The van der Waals surface area contributed by atoms with Gasteiger partial charge in [-0.2, -0.15) is 0 Å². The molecular weight excluding hydrogens is 748 g/mol. The van der Waals surface area contributed by atoms with Crippen molar-refractivity contribution < 1.29 is 43.8 Å². The monoisotopic (exact) mass is 802 g/mol. The fourth-order valence-electron chi connectivity index (χ4n) is 5.66.